The minimum atomic E-state index is 0.211. The van der Waals surface area contributed by atoms with Crippen molar-refractivity contribution in [1.29, 1.82) is 0 Å². The zero-order valence-electron chi connectivity index (χ0n) is 12.7. The highest BCUT2D eigenvalue weighted by Gasteiger charge is 2.28. The maximum Gasteiger partial charge on any atom is 0.136 e. The average molecular weight is 262 g/mol. The van der Waals surface area contributed by atoms with Gasteiger partial charge in [-0.05, 0) is 32.1 Å². The Morgan fingerprint density at radius 1 is 1.26 bits per heavy atom. The van der Waals surface area contributed by atoms with Gasteiger partial charge < -0.3 is 10.6 Å². The zero-order valence-corrected chi connectivity index (χ0v) is 12.7. The van der Waals surface area contributed by atoms with Crippen molar-refractivity contribution in [3.8, 4) is 0 Å². The first-order valence-electron chi connectivity index (χ1n) is 7.29. The maximum absolute atomic E-state index is 4.67. The summed E-state index contributed by atoms with van der Waals surface area (Å²) in [5.41, 5.74) is 0.211. The molecular formula is C15H26N4. The van der Waals surface area contributed by atoms with Gasteiger partial charge in [0.05, 0.1) is 0 Å². The molecule has 2 rings (SSSR count). The van der Waals surface area contributed by atoms with Crippen molar-refractivity contribution < 1.29 is 0 Å². The summed E-state index contributed by atoms with van der Waals surface area (Å²) in [6.07, 6.45) is 2.45. The number of nitrogens with zero attached hydrogens (tertiary/aromatic N) is 2. The molecule has 1 fully saturated rings. The molecule has 1 aliphatic carbocycles. The third-order valence-corrected chi connectivity index (χ3v) is 3.71. The summed E-state index contributed by atoms with van der Waals surface area (Å²) >= 11 is 0. The van der Waals surface area contributed by atoms with E-state index in [-0.39, 0.29) is 5.41 Å². The van der Waals surface area contributed by atoms with Gasteiger partial charge in [-0.1, -0.05) is 20.8 Å². The van der Waals surface area contributed by atoms with Crippen molar-refractivity contribution in [2.45, 2.75) is 59.4 Å². The summed E-state index contributed by atoms with van der Waals surface area (Å²) in [5, 5.41) is 6.80. The highest BCUT2D eigenvalue weighted by atomic mass is 15.1. The largest absolute Gasteiger partial charge is 0.370 e. The molecule has 1 unspecified atom stereocenters. The molecule has 1 heterocycles. The van der Waals surface area contributed by atoms with Gasteiger partial charge in [-0.2, -0.15) is 0 Å². The van der Waals surface area contributed by atoms with Gasteiger partial charge in [0.25, 0.3) is 0 Å². The van der Waals surface area contributed by atoms with E-state index in [1.165, 1.54) is 12.8 Å². The molecule has 0 radical (unpaired) electrons. The van der Waals surface area contributed by atoms with E-state index >= 15 is 0 Å². The summed E-state index contributed by atoms with van der Waals surface area (Å²) in [6, 6.07) is 2.38. The highest BCUT2D eigenvalue weighted by molar-refractivity contribution is 5.48. The Kier molecular flexibility index (Phi) is 3.97. The van der Waals surface area contributed by atoms with Gasteiger partial charge in [-0.3, -0.25) is 0 Å². The molecule has 1 aromatic rings. The summed E-state index contributed by atoms with van der Waals surface area (Å²) in [7, 11) is 0. The number of hydrogen-bond donors (Lipinski definition) is 2. The fourth-order valence-corrected chi connectivity index (χ4v) is 1.77. The lowest BCUT2D eigenvalue weighted by Crippen LogP contribution is -2.31. The Bertz CT molecular complexity index is 432. The Labute approximate surface area is 116 Å². The van der Waals surface area contributed by atoms with E-state index in [9.17, 15) is 0 Å². The van der Waals surface area contributed by atoms with E-state index in [0.29, 0.717) is 12.0 Å². The second kappa shape index (κ2) is 5.35. The normalized spacial score (nSPS) is 17.1. The molecule has 1 aliphatic rings. The van der Waals surface area contributed by atoms with E-state index < -0.39 is 0 Å². The van der Waals surface area contributed by atoms with Crippen LogP contribution in [0.2, 0.25) is 0 Å². The minimum Gasteiger partial charge on any atom is -0.370 e. The zero-order chi connectivity index (χ0) is 14.0. The van der Waals surface area contributed by atoms with Crippen LogP contribution in [0.25, 0.3) is 0 Å². The number of hydrogen-bond acceptors (Lipinski definition) is 4. The predicted octanol–water partition coefficient (Wildman–Crippen LogP) is 3.63. The molecule has 0 amide bonds. The second-order valence-corrected chi connectivity index (χ2v) is 6.53. The lowest BCUT2D eigenvalue weighted by molar-refractivity contribution is 0.358. The molecule has 0 aliphatic heterocycles. The van der Waals surface area contributed by atoms with Crippen LogP contribution in [0.1, 0.15) is 59.2 Å². The predicted molar refractivity (Wildman–Crippen MR) is 80.7 cm³/mol. The highest BCUT2D eigenvalue weighted by Crippen LogP contribution is 2.39. The van der Waals surface area contributed by atoms with Gasteiger partial charge in [-0.15, -0.1) is 0 Å². The fourth-order valence-electron chi connectivity index (χ4n) is 1.77. The van der Waals surface area contributed by atoms with E-state index in [4.69, 9.17) is 0 Å². The first-order chi connectivity index (χ1) is 8.90. The van der Waals surface area contributed by atoms with Crippen LogP contribution in [-0.2, 0) is 0 Å². The molecule has 2 N–H and O–H groups in total. The van der Waals surface area contributed by atoms with Gasteiger partial charge >= 0.3 is 0 Å². The quantitative estimate of drug-likeness (QED) is 0.850. The van der Waals surface area contributed by atoms with E-state index in [1.807, 2.05) is 6.07 Å². The molecular weight excluding hydrogens is 236 g/mol. The molecule has 106 valence electrons. The molecule has 19 heavy (non-hydrogen) atoms. The molecule has 1 aromatic heterocycles. The van der Waals surface area contributed by atoms with Gasteiger partial charge in [0.1, 0.15) is 17.5 Å². The van der Waals surface area contributed by atoms with Crippen molar-refractivity contribution in [2.24, 2.45) is 5.41 Å². The van der Waals surface area contributed by atoms with E-state index in [0.717, 1.165) is 24.0 Å². The molecule has 0 aromatic carbocycles. The molecule has 0 spiro atoms. The first-order valence-corrected chi connectivity index (χ1v) is 7.29. The minimum absolute atomic E-state index is 0.211. The van der Waals surface area contributed by atoms with Crippen LogP contribution >= 0.6 is 0 Å². The fraction of sp³-hybridized carbons (Fsp3) is 0.733. The van der Waals surface area contributed by atoms with E-state index in [2.05, 4.69) is 55.2 Å². The lowest BCUT2D eigenvalue weighted by atomic mass is 9.88. The summed E-state index contributed by atoms with van der Waals surface area (Å²) < 4.78 is 0. The molecule has 4 nitrogen and oxygen atoms in total. The van der Waals surface area contributed by atoms with Crippen molar-refractivity contribution in [1.82, 2.24) is 9.97 Å². The van der Waals surface area contributed by atoms with Gasteiger partial charge in [0.2, 0.25) is 0 Å². The van der Waals surface area contributed by atoms with Crippen LogP contribution < -0.4 is 10.6 Å². The lowest BCUT2D eigenvalue weighted by Gasteiger charge is -2.28. The van der Waals surface area contributed by atoms with Gasteiger partial charge in [-0.25, -0.2) is 9.97 Å². The average Bonchev–Trinajstić information content (AvgIpc) is 3.11. The number of nitrogens with one attached hydrogen (secondary N) is 2. The molecule has 0 bridgehead atoms. The number of rotatable bonds is 5. The van der Waals surface area contributed by atoms with Crippen molar-refractivity contribution >= 4 is 11.6 Å². The first kappa shape index (κ1) is 14.1. The molecule has 0 saturated heterocycles. The summed E-state index contributed by atoms with van der Waals surface area (Å²) in [5.74, 6) is 3.43. The summed E-state index contributed by atoms with van der Waals surface area (Å²) in [4.78, 5) is 9.26. The van der Waals surface area contributed by atoms with Crippen molar-refractivity contribution in [3.63, 3.8) is 0 Å². The van der Waals surface area contributed by atoms with Crippen LogP contribution in [0.4, 0.5) is 11.6 Å². The van der Waals surface area contributed by atoms with Crippen LogP contribution in [-0.4, -0.2) is 22.6 Å². The maximum atomic E-state index is 4.67. The Morgan fingerprint density at radius 3 is 2.42 bits per heavy atom. The third kappa shape index (κ3) is 3.82. The van der Waals surface area contributed by atoms with Crippen LogP contribution in [0.3, 0.4) is 0 Å². The number of anilines is 2. The Morgan fingerprint density at radius 2 is 1.89 bits per heavy atom. The molecule has 1 atom stereocenters. The standard InChI is InChI=1S/C15H26N4/c1-6-16-12-9-13(17-10(2)15(3,4)5)19-14(18-12)11-7-8-11/h9-11H,6-8H2,1-5H3,(H2,16,17,18,19). The van der Waals surface area contributed by atoms with Crippen LogP contribution in [0.15, 0.2) is 6.07 Å². The Hall–Kier alpha value is -1.32. The van der Waals surface area contributed by atoms with Crippen LogP contribution in [0.5, 0.6) is 0 Å². The van der Waals surface area contributed by atoms with Gasteiger partial charge in [0, 0.05) is 24.6 Å². The topological polar surface area (TPSA) is 49.8 Å². The SMILES string of the molecule is CCNc1cc(NC(C)C(C)(C)C)nc(C2CC2)n1. The van der Waals surface area contributed by atoms with Crippen LogP contribution in [0, 0.1) is 5.41 Å². The second-order valence-electron chi connectivity index (χ2n) is 6.53. The number of aromatic nitrogens is 2. The molecule has 1 saturated carbocycles. The van der Waals surface area contributed by atoms with E-state index in [1.54, 1.807) is 0 Å². The summed E-state index contributed by atoms with van der Waals surface area (Å²) in [6.45, 7) is 11.9. The van der Waals surface area contributed by atoms with Gasteiger partial charge in [0.15, 0.2) is 0 Å². The Balaban J connectivity index is 2.18. The monoisotopic (exact) mass is 262 g/mol. The third-order valence-electron chi connectivity index (χ3n) is 3.71. The smallest absolute Gasteiger partial charge is 0.136 e. The van der Waals surface area contributed by atoms with Crippen molar-refractivity contribution in [3.05, 3.63) is 11.9 Å². The van der Waals surface area contributed by atoms with Crippen molar-refractivity contribution in [2.75, 3.05) is 17.2 Å². The molecule has 4 heteroatoms.